The van der Waals surface area contributed by atoms with Gasteiger partial charge in [0.15, 0.2) is 17.5 Å². The first-order chi connectivity index (χ1) is 30.7. The number of nitrogens with zero attached hydrogens (tertiary/aromatic N) is 4. The first kappa shape index (κ1) is 36.0. The van der Waals surface area contributed by atoms with E-state index in [0.29, 0.717) is 23.0 Å². The molecule has 0 amide bonds. The molecule has 10 aromatic rings. The van der Waals surface area contributed by atoms with Crippen LogP contribution in [0.15, 0.2) is 216 Å². The van der Waals surface area contributed by atoms with Gasteiger partial charge in [-0.25, -0.2) is 15.0 Å². The summed E-state index contributed by atoms with van der Waals surface area (Å²) < 4.78 is 0. The highest BCUT2D eigenvalue weighted by Gasteiger charge is 2.50. The van der Waals surface area contributed by atoms with E-state index in [-0.39, 0.29) is 0 Å². The fourth-order valence-corrected chi connectivity index (χ4v) is 10.9. The monoisotopic (exact) mass is 806 g/mol. The van der Waals surface area contributed by atoms with E-state index in [2.05, 4.69) is 152 Å². The van der Waals surface area contributed by atoms with Gasteiger partial charge in [0.1, 0.15) is 0 Å². The van der Waals surface area contributed by atoms with Gasteiger partial charge >= 0.3 is 0 Å². The minimum atomic E-state index is -0.620. The fourth-order valence-electron chi connectivity index (χ4n) is 9.67. The molecular formula is C57H34N4S. The van der Waals surface area contributed by atoms with Gasteiger partial charge in [-0.2, -0.15) is 5.26 Å². The van der Waals surface area contributed by atoms with Crippen LogP contribution in [0.3, 0.4) is 0 Å². The van der Waals surface area contributed by atoms with Crippen LogP contribution >= 0.6 is 11.8 Å². The van der Waals surface area contributed by atoms with Gasteiger partial charge in [0.05, 0.1) is 17.0 Å². The molecule has 0 fully saturated rings. The van der Waals surface area contributed by atoms with Crippen molar-refractivity contribution >= 4 is 22.5 Å². The summed E-state index contributed by atoms with van der Waals surface area (Å²) in [6, 6.07) is 75.3. The van der Waals surface area contributed by atoms with Crippen LogP contribution in [-0.4, -0.2) is 15.0 Å². The van der Waals surface area contributed by atoms with Crippen molar-refractivity contribution in [3.63, 3.8) is 0 Å². The Morgan fingerprint density at radius 3 is 1.32 bits per heavy atom. The lowest BCUT2D eigenvalue weighted by Gasteiger charge is -2.40. The molecule has 2 heterocycles. The minimum absolute atomic E-state index is 0.620. The first-order valence-corrected chi connectivity index (χ1v) is 21.6. The molecule has 4 nitrogen and oxygen atoms in total. The summed E-state index contributed by atoms with van der Waals surface area (Å²) in [6.45, 7) is 0. The van der Waals surface area contributed by atoms with Crippen molar-refractivity contribution in [1.29, 1.82) is 5.26 Å². The lowest BCUT2D eigenvalue weighted by Crippen LogP contribution is -2.32. The van der Waals surface area contributed by atoms with Crippen LogP contribution in [0.2, 0.25) is 0 Å². The number of aromatic nitrogens is 3. The van der Waals surface area contributed by atoms with Crippen LogP contribution in [0, 0.1) is 11.3 Å². The Kier molecular flexibility index (Phi) is 8.35. The number of hydrogen-bond acceptors (Lipinski definition) is 5. The molecule has 0 radical (unpaired) electrons. The summed E-state index contributed by atoms with van der Waals surface area (Å²) in [4.78, 5) is 17.8. The quantitative estimate of drug-likeness (QED) is 0.173. The second-order valence-corrected chi connectivity index (χ2v) is 16.9. The van der Waals surface area contributed by atoms with E-state index in [1.807, 2.05) is 72.4 Å². The summed E-state index contributed by atoms with van der Waals surface area (Å²) in [7, 11) is 0. The minimum Gasteiger partial charge on any atom is -0.208 e. The normalized spacial score (nSPS) is 12.9. The molecule has 12 rings (SSSR count). The maximum Gasteiger partial charge on any atom is 0.164 e. The number of rotatable bonds is 5. The van der Waals surface area contributed by atoms with Crippen molar-refractivity contribution in [3.05, 3.63) is 234 Å². The number of hydrogen-bond donors (Lipinski definition) is 0. The predicted octanol–water partition coefficient (Wildman–Crippen LogP) is 14.1. The predicted molar refractivity (Wildman–Crippen MR) is 251 cm³/mol. The van der Waals surface area contributed by atoms with E-state index >= 15 is 0 Å². The van der Waals surface area contributed by atoms with Gasteiger partial charge in [0.2, 0.25) is 0 Å². The molecule has 288 valence electrons. The molecule has 0 unspecified atom stereocenters. The number of benzene rings is 9. The highest BCUT2D eigenvalue weighted by atomic mass is 32.2. The molecule has 2 aliphatic rings. The first-order valence-electron chi connectivity index (χ1n) is 20.7. The van der Waals surface area contributed by atoms with E-state index in [0.717, 1.165) is 33.4 Å². The summed E-state index contributed by atoms with van der Waals surface area (Å²) in [5.74, 6) is 1.91. The van der Waals surface area contributed by atoms with Crippen LogP contribution in [-0.2, 0) is 5.41 Å². The van der Waals surface area contributed by atoms with Crippen molar-refractivity contribution in [2.45, 2.75) is 15.2 Å². The molecule has 0 atom stereocenters. The molecule has 0 N–H and O–H groups in total. The summed E-state index contributed by atoms with van der Waals surface area (Å²) in [6.07, 6.45) is 0. The summed E-state index contributed by atoms with van der Waals surface area (Å²) in [5, 5.41) is 11.8. The lowest BCUT2D eigenvalue weighted by molar-refractivity contribution is 0.722. The van der Waals surface area contributed by atoms with Crippen LogP contribution in [0.5, 0.6) is 0 Å². The Bertz CT molecular complexity index is 3340. The van der Waals surface area contributed by atoms with Gasteiger partial charge < -0.3 is 0 Å². The van der Waals surface area contributed by atoms with Gasteiger partial charge in [-0.3, -0.25) is 0 Å². The van der Waals surface area contributed by atoms with Crippen molar-refractivity contribution in [2.24, 2.45) is 0 Å². The Morgan fingerprint density at radius 1 is 0.355 bits per heavy atom. The largest absolute Gasteiger partial charge is 0.208 e. The second kappa shape index (κ2) is 14.4. The van der Waals surface area contributed by atoms with Crippen LogP contribution in [0.1, 0.15) is 27.8 Å². The topological polar surface area (TPSA) is 62.5 Å². The molecule has 62 heavy (non-hydrogen) atoms. The standard InChI is InChI=1S/C57H34N4S/c58-35-36-23-25-37(26-24-36)42-31-32-43(45-18-8-7-17-44(42)45)40-27-29-46-47-30-28-41(56-60-54(38-13-3-1-4-14-38)59-55(61-56)39-15-5-2-6-16-39)34-51(47)57(50(46)33-40)48-19-9-11-21-52(48)62-53-22-12-10-20-49(53)57/h1-34H. The molecule has 9 aromatic carbocycles. The van der Waals surface area contributed by atoms with Crippen molar-refractivity contribution in [1.82, 2.24) is 15.0 Å². The third-order valence-electron chi connectivity index (χ3n) is 12.5. The van der Waals surface area contributed by atoms with E-state index in [9.17, 15) is 5.26 Å². The van der Waals surface area contributed by atoms with Gasteiger partial charge in [-0.05, 0) is 103 Å². The molecule has 0 saturated carbocycles. The van der Waals surface area contributed by atoms with Gasteiger partial charge in [-0.1, -0.05) is 182 Å². The summed E-state index contributed by atoms with van der Waals surface area (Å²) >= 11 is 1.85. The third-order valence-corrected chi connectivity index (χ3v) is 13.6. The molecule has 5 heteroatoms. The molecule has 1 spiro atoms. The van der Waals surface area contributed by atoms with E-state index in [1.54, 1.807) is 0 Å². The Hall–Kier alpha value is -7.91. The molecule has 1 aliphatic heterocycles. The fraction of sp³-hybridized carbons (Fsp3) is 0.0175. The Balaban J connectivity index is 1.09. The SMILES string of the molecule is N#Cc1ccc(-c2ccc(-c3ccc4c(c3)C3(c5ccccc5Sc5ccccc53)c3cc(-c5nc(-c6ccccc6)nc(-c6ccccc6)n5)ccc3-4)c3ccccc23)cc1. The highest BCUT2D eigenvalue weighted by molar-refractivity contribution is 7.99. The number of fused-ring (bicyclic) bond motifs is 10. The molecule has 0 saturated heterocycles. The average molecular weight is 807 g/mol. The van der Waals surface area contributed by atoms with Crippen molar-refractivity contribution < 1.29 is 0 Å². The van der Waals surface area contributed by atoms with Crippen molar-refractivity contribution in [2.75, 3.05) is 0 Å². The highest BCUT2D eigenvalue weighted by Crippen LogP contribution is 2.63. The van der Waals surface area contributed by atoms with Gasteiger partial charge in [-0.15, -0.1) is 0 Å². The smallest absolute Gasteiger partial charge is 0.164 e. The van der Waals surface area contributed by atoms with E-state index in [1.165, 1.54) is 59.5 Å². The molecular weight excluding hydrogens is 773 g/mol. The van der Waals surface area contributed by atoms with Gasteiger partial charge in [0, 0.05) is 26.5 Å². The summed E-state index contributed by atoms with van der Waals surface area (Å²) in [5.41, 5.74) is 14.8. The van der Waals surface area contributed by atoms with E-state index in [4.69, 9.17) is 15.0 Å². The van der Waals surface area contributed by atoms with Gasteiger partial charge in [0.25, 0.3) is 0 Å². The Morgan fingerprint density at radius 2 is 0.774 bits per heavy atom. The van der Waals surface area contributed by atoms with Crippen LogP contribution < -0.4 is 0 Å². The lowest BCUT2D eigenvalue weighted by atomic mass is 9.67. The molecule has 1 aliphatic carbocycles. The van der Waals surface area contributed by atoms with Crippen molar-refractivity contribution in [3.8, 4) is 73.6 Å². The zero-order valence-electron chi connectivity index (χ0n) is 33.3. The maximum absolute atomic E-state index is 9.46. The second-order valence-electron chi connectivity index (χ2n) is 15.8. The van der Waals surface area contributed by atoms with E-state index < -0.39 is 5.41 Å². The average Bonchev–Trinajstić information content (AvgIpc) is 3.63. The third kappa shape index (κ3) is 5.58. The molecule has 1 aromatic heterocycles. The van der Waals surface area contributed by atoms with Crippen LogP contribution in [0.25, 0.3) is 78.3 Å². The molecule has 0 bridgehead atoms. The Labute approximate surface area is 363 Å². The zero-order valence-corrected chi connectivity index (χ0v) is 34.1. The number of nitriles is 1. The van der Waals surface area contributed by atoms with Crippen LogP contribution in [0.4, 0.5) is 0 Å². The maximum atomic E-state index is 9.46. The zero-order chi connectivity index (χ0) is 41.2.